The summed E-state index contributed by atoms with van der Waals surface area (Å²) in [6.45, 7) is 1.56. The molecule has 1 heterocycles. The van der Waals surface area contributed by atoms with E-state index in [2.05, 4.69) is 15.0 Å². The maximum absolute atomic E-state index is 13.2. The van der Waals surface area contributed by atoms with Crippen molar-refractivity contribution in [3.63, 3.8) is 0 Å². The molecule has 0 aliphatic heterocycles. The van der Waals surface area contributed by atoms with Crippen molar-refractivity contribution in [2.45, 2.75) is 13.0 Å². The van der Waals surface area contributed by atoms with Crippen LogP contribution in [0.15, 0.2) is 59.2 Å². The number of nitrogens with zero attached hydrogens (tertiary/aromatic N) is 3. The van der Waals surface area contributed by atoms with Crippen LogP contribution >= 0.6 is 0 Å². The summed E-state index contributed by atoms with van der Waals surface area (Å²) < 4.78 is 18.5. The van der Waals surface area contributed by atoms with Gasteiger partial charge in [0.2, 0.25) is 0 Å². The van der Waals surface area contributed by atoms with Crippen molar-refractivity contribution in [3.8, 4) is 5.75 Å². The molecule has 0 radical (unpaired) electrons. The Kier molecular flexibility index (Phi) is 6.33. The first-order chi connectivity index (χ1) is 14.4. The molecule has 1 unspecified atom stereocenters. The third-order valence-electron chi connectivity index (χ3n) is 4.02. The molecule has 8 nitrogen and oxygen atoms in total. The van der Waals surface area contributed by atoms with Crippen LogP contribution in [0.25, 0.3) is 10.9 Å². The van der Waals surface area contributed by atoms with Gasteiger partial charge in [0, 0.05) is 17.1 Å². The van der Waals surface area contributed by atoms with Gasteiger partial charge in [0.05, 0.1) is 5.52 Å². The highest BCUT2D eigenvalue weighted by Crippen LogP contribution is 2.30. The van der Waals surface area contributed by atoms with Crippen LogP contribution in [0.5, 0.6) is 5.75 Å². The van der Waals surface area contributed by atoms with Crippen molar-refractivity contribution in [3.05, 3.63) is 71.4 Å². The minimum atomic E-state index is -1.23. The average molecular weight is 409 g/mol. The highest BCUT2D eigenvalue weighted by molar-refractivity contribution is 5.97. The number of aliphatic imine (C=N–C) groups is 1. The number of hydrogen-bond acceptors (Lipinski definition) is 7. The van der Waals surface area contributed by atoms with E-state index in [0.29, 0.717) is 34.2 Å². The van der Waals surface area contributed by atoms with Gasteiger partial charge in [-0.3, -0.25) is 4.79 Å². The van der Waals surface area contributed by atoms with E-state index in [1.807, 2.05) is 0 Å². The number of amidine groups is 1. The van der Waals surface area contributed by atoms with Gasteiger partial charge in [-0.25, -0.2) is 19.4 Å². The number of nitrogens with two attached hydrogens (primary N) is 2. The summed E-state index contributed by atoms with van der Waals surface area (Å²) in [7, 11) is 0. The van der Waals surface area contributed by atoms with Gasteiger partial charge in [-0.15, -0.1) is 0 Å². The number of carbonyl (C=O) groups excluding carboxylic acids is 1. The van der Waals surface area contributed by atoms with Gasteiger partial charge in [0.15, 0.2) is 17.9 Å². The Morgan fingerprint density at radius 1 is 1.23 bits per heavy atom. The van der Waals surface area contributed by atoms with Crippen LogP contribution in [0.3, 0.4) is 0 Å². The van der Waals surface area contributed by atoms with Crippen molar-refractivity contribution in [2.24, 2.45) is 16.5 Å². The summed E-state index contributed by atoms with van der Waals surface area (Å²) in [5, 5.41) is 11.3. The SMILES string of the molecule is C/C(N)=C/C(N)=Nc1nc(C(O)c2ccc(F)cc2)nc2cc(OCC=O)ccc12. The molecule has 9 heteroatoms. The van der Waals surface area contributed by atoms with Crippen molar-refractivity contribution in [1.29, 1.82) is 0 Å². The van der Waals surface area contributed by atoms with Crippen LogP contribution in [-0.2, 0) is 4.79 Å². The first kappa shape index (κ1) is 20.9. The van der Waals surface area contributed by atoms with E-state index < -0.39 is 11.9 Å². The molecule has 0 spiro atoms. The van der Waals surface area contributed by atoms with Gasteiger partial charge in [0.25, 0.3) is 0 Å². The van der Waals surface area contributed by atoms with E-state index in [1.54, 1.807) is 25.1 Å². The zero-order valence-corrected chi connectivity index (χ0v) is 16.1. The van der Waals surface area contributed by atoms with Gasteiger partial charge in [-0.2, -0.15) is 0 Å². The molecular weight excluding hydrogens is 389 g/mol. The molecule has 3 aromatic rings. The third-order valence-corrected chi connectivity index (χ3v) is 4.02. The number of benzene rings is 2. The number of aliphatic hydroxyl groups excluding tert-OH is 1. The molecule has 0 saturated carbocycles. The fraction of sp³-hybridized carbons (Fsp3) is 0.143. The van der Waals surface area contributed by atoms with Crippen molar-refractivity contribution >= 4 is 28.8 Å². The average Bonchev–Trinajstić information content (AvgIpc) is 2.71. The molecule has 0 aliphatic rings. The number of rotatable bonds is 7. The Hall–Kier alpha value is -3.85. The third kappa shape index (κ3) is 4.95. The number of hydrogen-bond donors (Lipinski definition) is 3. The normalized spacial score (nSPS) is 13.3. The Morgan fingerprint density at radius 2 is 1.97 bits per heavy atom. The summed E-state index contributed by atoms with van der Waals surface area (Å²) in [6.07, 6.45) is 0.883. The summed E-state index contributed by atoms with van der Waals surface area (Å²) in [5.41, 5.74) is 12.8. The highest BCUT2D eigenvalue weighted by Gasteiger charge is 2.17. The quantitative estimate of drug-likeness (QED) is 0.309. The van der Waals surface area contributed by atoms with E-state index >= 15 is 0 Å². The van der Waals surface area contributed by atoms with E-state index in [-0.39, 0.29) is 24.1 Å². The lowest BCUT2D eigenvalue weighted by Crippen LogP contribution is -2.11. The van der Waals surface area contributed by atoms with Gasteiger partial charge in [-0.1, -0.05) is 12.1 Å². The first-order valence-corrected chi connectivity index (χ1v) is 8.97. The van der Waals surface area contributed by atoms with Crippen LogP contribution in [0.4, 0.5) is 10.2 Å². The molecule has 30 heavy (non-hydrogen) atoms. The van der Waals surface area contributed by atoms with Gasteiger partial charge >= 0.3 is 0 Å². The van der Waals surface area contributed by atoms with Crippen molar-refractivity contribution in [2.75, 3.05) is 6.61 Å². The van der Waals surface area contributed by atoms with E-state index in [1.165, 1.54) is 30.3 Å². The molecule has 1 aromatic heterocycles. The number of carbonyl (C=O) groups is 1. The molecule has 0 amide bonds. The topological polar surface area (TPSA) is 137 Å². The maximum Gasteiger partial charge on any atom is 0.165 e. The maximum atomic E-state index is 13.2. The fourth-order valence-electron chi connectivity index (χ4n) is 2.72. The van der Waals surface area contributed by atoms with Crippen LogP contribution in [0.2, 0.25) is 0 Å². The largest absolute Gasteiger partial charge is 0.486 e. The van der Waals surface area contributed by atoms with E-state index in [0.717, 1.165) is 0 Å². The second kappa shape index (κ2) is 9.10. The monoisotopic (exact) mass is 409 g/mol. The summed E-state index contributed by atoms with van der Waals surface area (Å²) >= 11 is 0. The van der Waals surface area contributed by atoms with Gasteiger partial charge in [0.1, 0.15) is 30.1 Å². The summed E-state index contributed by atoms with van der Waals surface area (Å²) in [4.78, 5) is 23.6. The van der Waals surface area contributed by atoms with Gasteiger partial charge in [-0.05, 0) is 42.8 Å². The zero-order chi connectivity index (χ0) is 21.7. The summed E-state index contributed by atoms with van der Waals surface area (Å²) in [6, 6.07) is 10.3. The van der Waals surface area contributed by atoms with Crippen LogP contribution < -0.4 is 16.2 Å². The van der Waals surface area contributed by atoms with Crippen molar-refractivity contribution < 1.29 is 19.0 Å². The smallest absolute Gasteiger partial charge is 0.165 e. The van der Waals surface area contributed by atoms with Gasteiger partial charge < -0.3 is 21.3 Å². The molecule has 0 saturated heterocycles. The number of halogens is 1. The lowest BCUT2D eigenvalue weighted by molar-refractivity contribution is -0.109. The first-order valence-electron chi connectivity index (χ1n) is 8.97. The molecule has 3 rings (SSSR count). The highest BCUT2D eigenvalue weighted by atomic mass is 19.1. The number of fused-ring (bicyclic) bond motifs is 1. The molecule has 1 atom stereocenters. The number of ether oxygens (including phenoxy) is 1. The minimum absolute atomic E-state index is 0.0432. The predicted molar refractivity (Wildman–Crippen MR) is 111 cm³/mol. The second-order valence-electron chi connectivity index (χ2n) is 6.44. The number of aldehydes is 1. The molecule has 154 valence electrons. The fourth-order valence-corrected chi connectivity index (χ4v) is 2.72. The number of allylic oxidation sites excluding steroid dienone is 1. The van der Waals surface area contributed by atoms with Crippen LogP contribution in [-0.4, -0.2) is 33.8 Å². The van der Waals surface area contributed by atoms with Crippen molar-refractivity contribution in [1.82, 2.24) is 9.97 Å². The lowest BCUT2D eigenvalue weighted by Gasteiger charge is -2.13. The Bertz CT molecular complexity index is 1130. The predicted octanol–water partition coefficient (Wildman–Crippen LogP) is 2.28. The molecular formula is C21H20FN5O3. The molecule has 2 aromatic carbocycles. The number of aliphatic hydroxyl groups is 1. The molecule has 0 aliphatic carbocycles. The lowest BCUT2D eigenvalue weighted by atomic mass is 10.1. The molecule has 0 fully saturated rings. The zero-order valence-electron chi connectivity index (χ0n) is 16.1. The summed E-state index contributed by atoms with van der Waals surface area (Å²) in [5.74, 6) is 0.369. The Morgan fingerprint density at radius 3 is 2.63 bits per heavy atom. The Labute approximate surface area is 171 Å². The minimum Gasteiger partial charge on any atom is -0.486 e. The van der Waals surface area contributed by atoms with Crippen LogP contribution in [0.1, 0.15) is 24.4 Å². The van der Waals surface area contributed by atoms with E-state index in [9.17, 15) is 14.3 Å². The Balaban J connectivity index is 2.14. The standard InChI is InChI=1S/C21H20FN5O3/c1-12(23)10-18(24)26-20-16-7-6-15(30-9-8-28)11-17(16)25-21(27-20)19(29)13-2-4-14(22)5-3-13/h2-8,10-11,19,29H,9,23H2,1H3,(H2,24,25,26,27)/b12-10-. The molecule has 0 bridgehead atoms. The molecule has 5 N–H and O–H groups in total. The number of aromatic nitrogens is 2. The van der Waals surface area contributed by atoms with E-state index in [4.69, 9.17) is 16.2 Å². The second-order valence-corrected chi connectivity index (χ2v) is 6.44. The van der Waals surface area contributed by atoms with Crippen LogP contribution in [0, 0.1) is 5.82 Å².